The molecule has 0 spiro atoms. The monoisotopic (exact) mass is 147 g/mol. The molecule has 0 radical (unpaired) electrons. The predicted molar refractivity (Wildman–Crippen MR) is 33.0 cm³/mol. The summed E-state index contributed by atoms with van der Waals surface area (Å²) in [6, 6.07) is -0.817. The van der Waals surface area contributed by atoms with Gasteiger partial charge in [0.2, 0.25) is 0 Å². The number of hydrazine groups is 1. The van der Waals surface area contributed by atoms with Crippen molar-refractivity contribution in [1.82, 2.24) is 10.7 Å². The highest BCUT2D eigenvalue weighted by atomic mass is 16.4. The molecule has 5 N–H and O–H groups in total. The molecule has 0 aliphatic rings. The van der Waals surface area contributed by atoms with Crippen LogP contribution in [0.5, 0.6) is 0 Å². The second kappa shape index (κ2) is 3.67. The van der Waals surface area contributed by atoms with Crippen LogP contribution in [0.1, 0.15) is 6.92 Å². The minimum absolute atomic E-state index is 0.567. The Kier molecular flexibility index (Phi) is 3.20. The zero-order valence-electron chi connectivity index (χ0n) is 5.42. The number of hydrogen-bond donors (Lipinski definition) is 4. The molecule has 0 aromatic carbocycles. The third kappa shape index (κ3) is 2.88. The highest BCUT2D eigenvalue weighted by Gasteiger charge is 2.12. The van der Waals surface area contributed by atoms with E-state index in [0.717, 1.165) is 0 Å². The largest absolute Gasteiger partial charge is 0.465 e. The number of rotatable bonds is 2. The number of carbonyl (C=O) groups is 2. The van der Waals surface area contributed by atoms with Crippen molar-refractivity contribution >= 4 is 12.0 Å². The van der Waals surface area contributed by atoms with E-state index in [1.807, 2.05) is 5.32 Å². The van der Waals surface area contributed by atoms with Crippen molar-refractivity contribution in [3.05, 3.63) is 0 Å². The van der Waals surface area contributed by atoms with E-state index in [1.54, 1.807) is 5.43 Å². The molecule has 6 heteroatoms. The first-order chi connectivity index (χ1) is 4.57. The summed E-state index contributed by atoms with van der Waals surface area (Å²) in [4.78, 5) is 20.4. The van der Waals surface area contributed by atoms with Gasteiger partial charge in [-0.3, -0.25) is 10.2 Å². The topological polar surface area (TPSA) is 104 Å². The summed E-state index contributed by atoms with van der Waals surface area (Å²) in [5, 5.41) is 10.0. The molecule has 1 atom stereocenters. The fourth-order valence-electron chi connectivity index (χ4n) is 0.376. The van der Waals surface area contributed by atoms with Crippen LogP contribution in [0.25, 0.3) is 0 Å². The van der Waals surface area contributed by atoms with Crippen molar-refractivity contribution in [3.63, 3.8) is 0 Å². The summed E-state index contributed by atoms with van der Waals surface area (Å²) in [6.07, 6.45) is -1.25. The van der Waals surface area contributed by atoms with E-state index in [9.17, 15) is 9.59 Å². The highest BCUT2D eigenvalue weighted by molar-refractivity contribution is 5.84. The van der Waals surface area contributed by atoms with E-state index in [0.29, 0.717) is 0 Å². The smallest absolute Gasteiger partial charge is 0.405 e. The van der Waals surface area contributed by atoms with Gasteiger partial charge in [-0.05, 0) is 6.92 Å². The normalized spacial score (nSPS) is 11.8. The lowest BCUT2D eigenvalue weighted by Gasteiger charge is -2.07. The van der Waals surface area contributed by atoms with E-state index in [4.69, 9.17) is 10.9 Å². The SMILES string of the molecule is C[C@H](NC(=O)O)C(=O)NN. The average Bonchev–Trinajstić information content (AvgIpc) is 1.85. The first-order valence-corrected chi connectivity index (χ1v) is 2.58. The van der Waals surface area contributed by atoms with Crippen LogP contribution in [0.2, 0.25) is 0 Å². The first kappa shape index (κ1) is 8.70. The Hall–Kier alpha value is -1.30. The Morgan fingerprint density at radius 1 is 1.60 bits per heavy atom. The van der Waals surface area contributed by atoms with Gasteiger partial charge >= 0.3 is 6.09 Å². The molecule has 0 saturated carbocycles. The Morgan fingerprint density at radius 3 is 2.40 bits per heavy atom. The molecule has 0 rings (SSSR count). The highest BCUT2D eigenvalue weighted by Crippen LogP contribution is 1.78. The molecule has 0 saturated heterocycles. The molecule has 0 fully saturated rings. The van der Waals surface area contributed by atoms with Crippen molar-refractivity contribution in [1.29, 1.82) is 0 Å². The first-order valence-electron chi connectivity index (χ1n) is 2.58. The van der Waals surface area contributed by atoms with E-state index >= 15 is 0 Å². The van der Waals surface area contributed by atoms with Crippen molar-refractivity contribution in [2.24, 2.45) is 5.84 Å². The number of carbonyl (C=O) groups excluding carboxylic acids is 1. The number of nitrogens with two attached hydrogens (primary N) is 1. The van der Waals surface area contributed by atoms with E-state index in [2.05, 4.69) is 0 Å². The lowest BCUT2D eigenvalue weighted by atomic mass is 10.3. The number of carboxylic acid groups (broad SMARTS) is 1. The van der Waals surface area contributed by atoms with Crippen LogP contribution in [0.15, 0.2) is 0 Å². The van der Waals surface area contributed by atoms with Crippen molar-refractivity contribution in [3.8, 4) is 0 Å². The summed E-state index contributed by atoms with van der Waals surface area (Å²) in [5.74, 6) is 4.15. The van der Waals surface area contributed by atoms with Gasteiger partial charge in [0.25, 0.3) is 5.91 Å². The second-order valence-corrected chi connectivity index (χ2v) is 1.68. The van der Waals surface area contributed by atoms with Gasteiger partial charge < -0.3 is 10.4 Å². The standard InChI is InChI=1S/C4H9N3O3/c1-2(3(8)7-5)6-4(9)10/h2,6H,5H2,1H3,(H,7,8)(H,9,10)/t2-/m0/s1. The fourth-order valence-corrected chi connectivity index (χ4v) is 0.376. The van der Waals surface area contributed by atoms with Crippen LogP contribution in [-0.4, -0.2) is 23.1 Å². The maximum absolute atomic E-state index is 10.5. The van der Waals surface area contributed by atoms with Crippen LogP contribution in [0.3, 0.4) is 0 Å². The van der Waals surface area contributed by atoms with Gasteiger partial charge in [-0.1, -0.05) is 0 Å². The van der Waals surface area contributed by atoms with Gasteiger partial charge in [-0.15, -0.1) is 0 Å². The Labute approximate surface area is 57.4 Å². The van der Waals surface area contributed by atoms with Gasteiger partial charge in [0.05, 0.1) is 0 Å². The van der Waals surface area contributed by atoms with Gasteiger partial charge in [0, 0.05) is 0 Å². The Balaban J connectivity index is 3.72. The summed E-state index contributed by atoms with van der Waals surface area (Å²) in [7, 11) is 0. The van der Waals surface area contributed by atoms with E-state index < -0.39 is 18.0 Å². The quantitative estimate of drug-likeness (QED) is 0.220. The third-order valence-electron chi connectivity index (χ3n) is 0.876. The van der Waals surface area contributed by atoms with E-state index in [-0.39, 0.29) is 0 Å². The van der Waals surface area contributed by atoms with Crippen molar-refractivity contribution in [2.75, 3.05) is 0 Å². The third-order valence-corrected chi connectivity index (χ3v) is 0.876. The Bertz CT molecular complexity index is 147. The van der Waals surface area contributed by atoms with Crippen LogP contribution < -0.4 is 16.6 Å². The maximum Gasteiger partial charge on any atom is 0.405 e. The summed E-state index contributed by atoms with van der Waals surface area (Å²) in [5.41, 5.74) is 1.81. The predicted octanol–water partition coefficient (Wildman–Crippen LogP) is -1.37. The lowest BCUT2D eigenvalue weighted by molar-refractivity contribution is -0.122. The van der Waals surface area contributed by atoms with Gasteiger partial charge in [0.1, 0.15) is 6.04 Å². The minimum Gasteiger partial charge on any atom is -0.465 e. The zero-order chi connectivity index (χ0) is 8.15. The van der Waals surface area contributed by atoms with Crippen LogP contribution >= 0.6 is 0 Å². The summed E-state index contributed by atoms with van der Waals surface area (Å²) >= 11 is 0. The average molecular weight is 147 g/mol. The molecule has 2 amide bonds. The number of amides is 2. The van der Waals surface area contributed by atoms with Gasteiger partial charge in [-0.2, -0.15) is 0 Å². The van der Waals surface area contributed by atoms with Crippen molar-refractivity contribution < 1.29 is 14.7 Å². The molecule has 58 valence electrons. The molecule has 0 aromatic heterocycles. The zero-order valence-corrected chi connectivity index (χ0v) is 5.42. The molecule has 10 heavy (non-hydrogen) atoms. The van der Waals surface area contributed by atoms with Crippen LogP contribution in [-0.2, 0) is 4.79 Å². The van der Waals surface area contributed by atoms with Crippen LogP contribution in [0.4, 0.5) is 4.79 Å². The molecule has 0 aliphatic carbocycles. The molecule has 0 unspecified atom stereocenters. The molecule has 6 nitrogen and oxygen atoms in total. The number of hydrogen-bond acceptors (Lipinski definition) is 3. The van der Waals surface area contributed by atoms with Gasteiger partial charge in [-0.25, -0.2) is 10.6 Å². The number of nitrogens with one attached hydrogen (secondary N) is 2. The molecule has 0 aliphatic heterocycles. The minimum atomic E-state index is -1.25. The van der Waals surface area contributed by atoms with Gasteiger partial charge in [0.15, 0.2) is 0 Å². The van der Waals surface area contributed by atoms with E-state index in [1.165, 1.54) is 6.92 Å². The molecule has 0 bridgehead atoms. The molecular weight excluding hydrogens is 138 g/mol. The molecule has 0 aromatic rings. The molecular formula is C4H9N3O3. The Morgan fingerprint density at radius 2 is 2.10 bits per heavy atom. The fraction of sp³-hybridized carbons (Fsp3) is 0.500. The maximum atomic E-state index is 10.5. The van der Waals surface area contributed by atoms with Crippen LogP contribution in [0, 0.1) is 0 Å². The lowest BCUT2D eigenvalue weighted by Crippen LogP contribution is -2.46. The molecule has 0 heterocycles. The van der Waals surface area contributed by atoms with Crippen molar-refractivity contribution in [2.45, 2.75) is 13.0 Å². The second-order valence-electron chi connectivity index (χ2n) is 1.68. The summed E-state index contributed by atoms with van der Waals surface area (Å²) < 4.78 is 0. The summed E-state index contributed by atoms with van der Waals surface area (Å²) in [6.45, 7) is 1.39.